The fourth-order valence-corrected chi connectivity index (χ4v) is 8.41. The molecule has 0 aliphatic carbocycles. The lowest BCUT2D eigenvalue weighted by atomic mass is 9.99. The van der Waals surface area contributed by atoms with Crippen molar-refractivity contribution in [2.45, 2.75) is 63.1 Å². The average Bonchev–Trinajstić information content (AvgIpc) is 3.21. The summed E-state index contributed by atoms with van der Waals surface area (Å²) in [5.41, 5.74) is 2.29. The first-order chi connectivity index (χ1) is 15.3. The van der Waals surface area contributed by atoms with Gasteiger partial charge in [0.25, 0.3) is 5.91 Å². The highest BCUT2D eigenvalue weighted by atomic mass is 32.2. The molecule has 2 bridgehead atoms. The summed E-state index contributed by atoms with van der Waals surface area (Å²) in [6, 6.07) is 5.34. The fraction of sp³-hybridized carbons (Fsp3) is 0.652. The van der Waals surface area contributed by atoms with E-state index in [4.69, 9.17) is 0 Å². The van der Waals surface area contributed by atoms with Gasteiger partial charge in [0.2, 0.25) is 15.9 Å². The van der Waals surface area contributed by atoms with Crippen LogP contribution in [0.25, 0.3) is 0 Å². The Kier molecular flexibility index (Phi) is 5.75. The number of benzene rings is 1. The number of carbonyl (C=O) groups is 2. The van der Waals surface area contributed by atoms with Crippen molar-refractivity contribution in [1.82, 2.24) is 14.9 Å². The SMILES string of the molecule is CN1C(=O)Cc2cc(C(=O)NC3C[C@H]4CC[C@@H](C3)N4S(=O)(=O)CC3CCNCC3)ccc21. The molecular weight excluding hydrogens is 428 g/mol. The smallest absolute Gasteiger partial charge is 0.251 e. The van der Waals surface area contributed by atoms with Crippen LogP contribution in [0, 0.1) is 5.92 Å². The van der Waals surface area contributed by atoms with Gasteiger partial charge in [-0.1, -0.05) is 0 Å². The molecule has 1 aromatic rings. The minimum atomic E-state index is -3.28. The van der Waals surface area contributed by atoms with Gasteiger partial charge in [-0.2, -0.15) is 4.31 Å². The number of likely N-dealkylation sites (N-methyl/N-ethyl adjacent to an activating group) is 1. The van der Waals surface area contributed by atoms with E-state index in [2.05, 4.69) is 10.6 Å². The maximum absolute atomic E-state index is 13.2. The second-order valence-corrected chi connectivity index (χ2v) is 11.7. The lowest BCUT2D eigenvalue weighted by Gasteiger charge is -2.39. The van der Waals surface area contributed by atoms with Crippen molar-refractivity contribution in [2.24, 2.45) is 5.92 Å². The van der Waals surface area contributed by atoms with Crippen LogP contribution in [0.3, 0.4) is 0 Å². The van der Waals surface area contributed by atoms with Crippen LogP contribution in [0.5, 0.6) is 0 Å². The molecule has 32 heavy (non-hydrogen) atoms. The summed E-state index contributed by atoms with van der Waals surface area (Å²) in [6.07, 6.45) is 5.24. The molecule has 5 rings (SSSR count). The molecule has 8 nitrogen and oxygen atoms in total. The second-order valence-electron chi connectivity index (χ2n) is 9.80. The number of hydrogen-bond donors (Lipinski definition) is 2. The quantitative estimate of drug-likeness (QED) is 0.689. The molecule has 0 spiro atoms. The van der Waals surface area contributed by atoms with E-state index in [1.54, 1.807) is 28.4 Å². The van der Waals surface area contributed by atoms with Gasteiger partial charge < -0.3 is 15.5 Å². The van der Waals surface area contributed by atoms with Crippen molar-refractivity contribution in [3.8, 4) is 0 Å². The molecule has 3 atom stereocenters. The normalized spacial score (nSPS) is 28.7. The summed E-state index contributed by atoms with van der Waals surface area (Å²) in [5, 5.41) is 6.43. The van der Waals surface area contributed by atoms with E-state index in [0.717, 1.165) is 50.0 Å². The first-order valence-corrected chi connectivity index (χ1v) is 13.3. The van der Waals surface area contributed by atoms with Gasteiger partial charge in [0.05, 0.1) is 12.2 Å². The topological polar surface area (TPSA) is 98.8 Å². The number of amides is 2. The van der Waals surface area contributed by atoms with Crippen LogP contribution in [0.4, 0.5) is 5.69 Å². The van der Waals surface area contributed by atoms with Crippen molar-refractivity contribution in [3.63, 3.8) is 0 Å². The Bertz CT molecular complexity index is 1010. The molecule has 4 aliphatic heterocycles. The molecule has 0 saturated carbocycles. The maximum Gasteiger partial charge on any atom is 0.251 e. The van der Waals surface area contributed by atoms with E-state index in [1.165, 1.54) is 0 Å². The van der Waals surface area contributed by atoms with E-state index < -0.39 is 10.0 Å². The highest BCUT2D eigenvalue weighted by Gasteiger charge is 2.47. The molecule has 3 fully saturated rings. The predicted octanol–water partition coefficient (Wildman–Crippen LogP) is 1.26. The summed E-state index contributed by atoms with van der Waals surface area (Å²) < 4.78 is 28.2. The number of rotatable bonds is 5. The molecule has 174 valence electrons. The monoisotopic (exact) mass is 460 g/mol. The number of sulfonamides is 1. The largest absolute Gasteiger partial charge is 0.349 e. The number of hydrogen-bond acceptors (Lipinski definition) is 5. The molecule has 1 aromatic carbocycles. The number of piperidine rings is 2. The van der Waals surface area contributed by atoms with Crippen molar-refractivity contribution in [2.75, 3.05) is 30.8 Å². The molecule has 4 aliphatic rings. The van der Waals surface area contributed by atoms with Crippen LogP contribution >= 0.6 is 0 Å². The van der Waals surface area contributed by atoms with Crippen LogP contribution in [-0.4, -0.2) is 68.6 Å². The van der Waals surface area contributed by atoms with E-state index in [1.807, 2.05) is 6.07 Å². The summed E-state index contributed by atoms with van der Waals surface area (Å²) >= 11 is 0. The van der Waals surface area contributed by atoms with Gasteiger partial charge in [-0.15, -0.1) is 0 Å². The lowest BCUT2D eigenvalue weighted by Crippen LogP contribution is -2.53. The Morgan fingerprint density at radius 3 is 2.50 bits per heavy atom. The Hall–Kier alpha value is -1.97. The average molecular weight is 461 g/mol. The predicted molar refractivity (Wildman–Crippen MR) is 122 cm³/mol. The summed E-state index contributed by atoms with van der Waals surface area (Å²) in [6.45, 7) is 1.79. The summed E-state index contributed by atoms with van der Waals surface area (Å²) in [7, 11) is -1.54. The Morgan fingerprint density at radius 2 is 1.81 bits per heavy atom. The summed E-state index contributed by atoms with van der Waals surface area (Å²) in [5.74, 6) is 0.377. The van der Waals surface area contributed by atoms with Crippen LogP contribution < -0.4 is 15.5 Å². The molecule has 0 aromatic heterocycles. The van der Waals surface area contributed by atoms with Gasteiger partial charge in [0.1, 0.15) is 0 Å². The third-order valence-corrected chi connectivity index (χ3v) is 9.78. The zero-order valence-electron chi connectivity index (χ0n) is 18.5. The maximum atomic E-state index is 13.2. The van der Waals surface area contributed by atoms with Crippen LogP contribution in [0.15, 0.2) is 18.2 Å². The number of nitrogens with one attached hydrogen (secondary N) is 2. The molecule has 1 unspecified atom stereocenters. The fourth-order valence-electron chi connectivity index (χ4n) is 6.02. The third-order valence-electron chi connectivity index (χ3n) is 7.65. The van der Waals surface area contributed by atoms with Crippen molar-refractivity contribution in [3.05, 3.63) is 29.3 Å². The second kappa shape index (κ2) is 8.43. The van der Waals surface area contributed by atoms with E-state index in [0.29, 0.717) is 24.8 Å². The van der Waals surface area contributed by atoms with Gasteiger partial charge in [-0.05, 0) is 81.3 Å². The molecule has 0 radical (unpaired) electrons. The summed E-state index contributed by atoms with van der Waals surface area (Å²) in [4.78, 5) is 26.4. The van der Waals surface area contributed by atoms with E-state index in [9.17, 15) is 18.0 Å². The Balaban J connectivity index is 1.23. The molecule has 3 saturated heterocycles. The number of carbonyl (C=O) groups excluding carboxylic acids is 2. The van der Waals surface area contributed by atoms with Gasteiger partial charge >= 0.3 is 0 Å². The first kappa shape index (κ1) is 21.9. The van der Waals surface area contributed by atoms with Gasteiger partial charge in [-0.25, -0.2) is 8.42 Å². The number of nitrogens with zero attached hydrogens (tertiary/aromatic N) is 2. The number of fused-ring (bicyclic) bond motifs is 3. The Labute approximate surface area is 189 Å². The van der Waals surface area contributed by atoms with Gasteiger partial charge in [0, 0.05) is 36.4 Å². The molecular formula is C23H32N4O4S. The molecule has 2 N–H and O–H groups in total. The van der Waals surface area contributed by atoms with Gasteiger partial charge in [0.15, 0.2) is 0 Å². The molecule has 2 amide bonds. The zero-order valence-corrected chi connectivity index (χ0v) is 19.4. The highest BCUT2D eigenvalue weighted by Crippen LogP contribution is 2.39. The first-order valence-electron chi connectivity index (χ1n) is 11.7. The van der Waals surface area contributed by atoms with Crippen LogP contribution in [0.2, 0.25) is 0 Å². The standard InChI is InChI=1S/C23H32N4O4S/c1-26-21-5-2-16(10-17(21)11-22(26)28)23(29)25-18-12-19-3-4-20(13-18)27(19)32(30,31)14-15-6-8-24-9-7-15/h2,5,10,15,18-20,24H,3-4,6-9,11-14H2,1H3,(H,25,29)/t18?,19-,20+. The van der Waals surface area contributed by atoms with Gasteiger partial charge in [-0.3, -0.25) is 9.59 Å². The van der Waals surface area contributed by atoms with Crippen LogP contribution in [-0.2, 0) is 21.2 Å². The third kappa shape index (κ3) is 4.06. The Morgan fingerprint density at radius 1 is 1.12 bits per heavy atom. The number of anilines is 1. The van der Waals surface area contributed by atoms with E-state index in [-0.39, 0.29) is 41.6 Å². The van der Waals surface area contributed by atoms with Crippen molar-refractivity contribution >= 4 is 27.5 Å². The zero-order chi connectivity index (χ0) is 22.5. The van der Waals surface area contributed by atoms with Crippen molar-refractivity contribution in [1.29, 1.82) is 0 Å². The highest BCUT2D eigenvalue weighted by molar-refractivity contribution is 7.89. The van der Waals surface area contributed by atoms with E-state index >= 15 is 0 Å². The molecule has 4 heterocycles. The lowest BCUT2D eigenvalue weighted by molar-refractivity contribution is -0.117. The minimum absolute atomic E-state index is 0.0166. The minimum Gasteiger partial charge on any atom is -0.349 e. The molecule has 9 heteroatoms. The van der Waals surface area contributed by atoms with Crippen LogP contribution in [0.1, 0.15) is 54.4 Å². The van der Waals surface area contributed by atoms with Crippen molar-refractivity contribution < 1.29 is 18.0 Å².